The van der Waals surface area contributed by atoms with Crippen molar-refractivity contribution in [3.63, 3.8) is 0 Å². The van der Waals surface area contributed by atoms with Crippen LogP contribution in [0.4, 0.5) is 0 Å². The number of phenolic OH excluding ortho intramolecular Hbond substituents is 1. The number of phenols is 1. The molecule has 6 heteroatoms. The Morgan fingerprint density at radius 3 is 2.95 bits per heavy atom. The second-order valence-electron chi connectivity index (χ2n) is 4.40. The zero-order chi connectivity index (χ0) is 13.8. The standard InChI is InChI=1S/C13H16N2O4/c1-19-9-3-4-10(11(16)6-9)13(18)14-7-8-2-5-12(17)15-8/h3-4,6,8,16H,2,5,7H2,1H3,(H,14,18)(H,15,17). The molecular formula is C13H16N2O4. The monoisotopic (exact) mass is 264 g/mol. The summed E-state index contributed by atoms with van der Waals surface area (Å²) in [4.78, 5) is 22.9. The quantitative estimate of drug-likeness (QED) is 0.735. The Labute approximate surface area is 110 Å². The van der Waals surface area contributed by atoms with Crippen molar-refractivity contribution in [2.45, 2.75) is 18.9 Å². The van der Waals surface area contributed by atoms with E-state index in [0.717, 1.165) is 0 Å². The van der Waals surface area contributed by atoms with Gasteiger partial charge in [0.2, 0.25) is 5.91 Å². The van der Waals surface area contributed by atoms with Crippen LogP contribution in [0.15, 0.2) is 18.2 Å². The molecule has 0 aromatic heterocycles. The van der Waals surface area contributed by atoms with Crippen molar-refractivity contribution in [1.82, 2.24) is 10.6 Å². The van der Waals surface area contributed by atoms with Crippen LogP contribution >= 0.6 is 0 Å². The van der Waals surface area contributed by atoms with E-state index in [1.54, 1.807) is 6.07 Å². The SMILES string of the molecule is COc1ccc(C(=O)NCC2CCC(=O)N2)c(O)c1. The fraction of sp³-hybridized carbons (Fsp3) is 0.385. The summed E-state index contributed by atoms with van der Waals surface area (Å²) in [6, 6.07) is 4.45. The minimum absolute atomic E-state index is 0.00606. The highest BCUT2D eigenvalue weighted by Crippen LogP contribution is 2.23. The summed E-state index contributed by atoms with van der Waals surface area (Å²) < 4.78 is 4.94. The van der Waals surface area contributed by atoms with Gasteiger partial charge in [-0.2, -0.15) is 0 Å². The Morgan fingerprint density at radius 2 is 2.37 bits per heavy atom. The van der Waals surface area contributed by atoms with Gasteiger partial charge in [-0.25, -0.2) is 0 Å². The molecule has 0 bridgehead atoms. The van der Waals surface area contributed by atoms with E-state index in [9.17, 15) is 14.7 Å². The first-order chi connectivity index (χ1) is 9.10. The number of methoxy groups -OCH3 is 1. The number of hydrogen-bond acceptors (Lipinski definition) is 4. The lowest BCUT2D eigenvalue weighted by Crippen LogP contribution is -2.38. The van der Waals surface area contributed by atoms with Gasteiger partial charge in [-0.15, -0.1) is 0 Å². The molecule has 0 radical (unpaired) electrons. The predicted octanol–water partition coefficient (Wildman–Crippen LogP) is 0.409. The van der Waals surface area contributed by atoms with Crippen LogP contribution in [0.1, 0.15) is 23.2 Å². The Morgan fingerprint density at radius 1 is 1.58 bits per heavy atom. The summed E-state index contributed by atoms with van der Waals surface area (Å²) >= 11 is 0. The molecule has 1 aliphatic heterocycles. The van der Waals surface area contributed by atoms with Crippen molar-refractivity contribution in [2.24, 2.45) is 0 Å². The molecule has 1 aromatic carbocycles. The molecule has 0 aliphatic carbocycles. The molecule has 19 heavy (non-hydrogen) atoms. The van der Waals surface area contributed by atoms with Crippen LogP contribution in [0.5, 0.6) is 11.5 Å². The number of carbonyl (C=O) groups is 2. The number of nitrogens with one attached hydrogen (secondary N) is 2. The predicted molar refractivity (Wildman–Crippen MR) is 68.2 cm³/mol. The third-order valence-electron chi connectivity index (χ3n) is 3.04. The zero-order valence-corrected chi connectivity index (χ0v) is 10.6. The minimum atomic E-state index is -0.374. The number of carbonyl (C=O) groups excluding carboxylic acids is 2. The molecule has 1 unspecified atom stereocenters. The molecule has 2 rings (SSSR count). The number of hydrogen-bond donors (Lipinski definition) is 3. The smallest absolute Gasteiger partial charge is 0.255 e. The number of ether oxygens (including phenoxy) is 1. The van der Waals surface area contributed by atoms with Gasteiger partial charge in [-0.1, -0.05) is 0 Å². The summed E-state index contributed by atoms with van der Waals surface area (Å²) in [5, 5.41) is 15.2. The first-order valence-electron chi connectivity index (χ1n) is 6.04. The number of benzene rings is 1. The van der Waals surface area contributed by atoms with E-state index >= 15 is 0 Å². The third-order valence-corrected chi connectivity index (χ3v) is 3.04. The van der Waals surface area contributed by atoms with Crippen molar-refractivity contribution >= 4 is 11.8 Å². The van der Waals surface area contributed by atoms with Gasteiger partial charge in [0, 0.05) is 25.1 Å². The molecule has 0 spiro atoms. The Hall–Kier alpha value is -2.24. The van der Waals surface area contributed by atoms with Gasteiger partial charge in [0.05, 0.1) is 12.7 Å². The van der Waals surface area contributed by atoms with Crippen molar-refractivity contribution in [2.75, 3.05) is 13.7 Å². The van der Waals surface area contributed by atoms with Gasteiger partial charge in [-0.05, 0) is 18.6 Å². The largest absolute Gasteiger partial charge is 0.507 e. The fourth-order valence-electron chi connectivity index (χ4n) is 1.97. The molecule has 0 saturated carbocycles. The van der Waals surface area contributed by atoms with Crippen LogP contribution < -0.4 is 15.4 Å². The summed E-state index contributed by atoms with van der Waals surface area (Å²) in [6.07, 6.45) is 1.21. The second kappa shape index (κ2) is 5.60. The van der Waals surface area contributed by atoms with E-state index in [-0.39, 0.29) is 29.2 Å². The molecule has 1 saturated heterocycles. The van der Waals surface area contributed by atoms with Crippen molar-refractivity contribution in [3.05, 3.63) is 23.8 Å². The summed E-state index contributed by atoms with van der Waals surface area (Å²) in [7, 11) is 1.48. The lowest BCUT2D eigenvalue weighted by Gasteiger charge is -2.12. The molecule has 1 heterocycles. The van der Waals surface area contributed by atoms with Gasteiger partial charge < -0.3 is 20.5 Å². The number of rotatable bonds is 4. The van der Waals surface area contributed by atoms with Crippen LogP contribution in [-0.2, 0) is 4.79 Å². The lowest BCUT2D eigenvalue weighted by molar-refractivity contribution is -0.119. The van der Waals surface area contributed by atoms with Crippen LogP contribution in [0.3, 0.4) is 0 Å². The van der Waals surface area contributed by atoms with Gasteiger partial charge in [0.1, 0.15) is 11.5 Å². The Balaban J connectivity index is 1.94. The van der Waals surface area contributed by atoms with Crippen molar-refractivity contribution in [1.29, 1.82) is 0 Å². The van der Waals surface area contributed by atoms with E-state index in [2.05, 4.69) is 10.6 Å². The van der Waals surface area contributed by atoms with E-state index in [4.69, 9.17) is 4.74 Å². The van der Waals surface area contributed by atoms with Gasteiger partial charge in [0.25, 0.3) is 5.91 Å². The minimum Gasteiger partial charge on any atom is -0.507 e. The van der Waals surface area contributed by atoms with Crippen molar-refractivity contribution in [3.8, 4) is 11.5 Å². The number of amides is 2. The van der Waals surface area contributed by atoms with Crippen LogP contribution in [0.2, 0.25) is 0 Å². The lowest BCUT2D eigenvalue weighted by atomic mass is 10.1. The third kappa shape index (κ3) is 3.15. The van der Waals surface area contributed by atoms with Crippen LogP contribution in [-0.4, -0.2) is 36.6 Å². The summed E-state index contributed by atoms with van der Waals surface area (Å²) in [5.41, 5.74) is 0.185. The number of aromatic hydroxyl groups is 1. The van der Waals surface area contributed by atoms with E-state index in [1.165, 1.54) is 19.2 Å². The molecule has 3 N–H and O–H groups in total. The fourth-order valence-corrected chi connectivity index (χ4v) is 1.97. The maximum Gasteiger partial charge on any atom is 0.255 e. The van der Waals surface area contributed by atoms with Crippen LogP contribution in [0, 0.1) is 0 Å². The van der Waals surface area contributed by atoms with Crippen molar-refractivity contribution < 1.29 is 19.4 Å². The molecule has 2 amide bonds. The van der Waals surface area contributed by atoms with Gasteiger partial charge in [0.15, 0.2) is 0 Å². The average molecular weight is 264 g/mol. The van der Waals surface area contributed by atoms with Gasteiger partial charge >= 0.3 is 0 Å². The molecule has 102 valence electrons. The maximum absolute atomic E-state index is 11.9. The van der Waals surface area contributed by atoms with E-state index in [0.29, 0.717) is 25.1 Å². The van der Waals surface area contributed by atoms with Crippen LogP contribution in [0.25, 0.3) is 0 Å². The highest BCUT2D eigenvalue weighted by Gasteiger charge is 2.21. The Kier molecular flexibility index (Phi) is 3.89. The summed E-state index contributed by atoms with van der Waals surface area (Å²) in [5.74, 6) is -0.0164. The molecule has 1 aliphatic rings. The topological polar surface area (TPSA) is 87.7 Å². The van der Waals surface area contributed by atoms with Gasteiger partial charge in [-0.3, -0.25) is 9.59 Å². The molecule has 1 atom stereocenters. The average Bonchev–Trinajstić information content (AvgIpc) is 2.81. The first kappa shape index (κ1) is 13.2. The first-order valence-corrected chi connectivity index (χ1v) is 6.04. The summed E-state index contributed by atoms with van der Waals surface area (Å²) in [6.45, 7) is 0.357. The molecule has 6 nitrogen and oxygen atoms in total. The molecule has 1 aromatic rings. The molecular weight excluding hydrogens is 248 g/mol. The Bertz CT molecular complexity index is 501. The molecule has 1 fully saturated rings. The highest BCUT2D eigenvalue weighted by atomic mass is 16.5. The second-order valence-corrected chi connectivity index (χ2v) is 4.40. The maximum atomic E-state index is 11.9. The highest BCUT2D eigenvalue weighted by molar-refractivity contribution is 5.97. The van der Waals surface area contributed by atoms with E-state index < -0.39 is 0 Å². The normalized spacial score (nSPS) is 17.9. The zero-order valence-electron chi connectivity index (χ0n) is 10.6. The van der Waals surface area contributed by atoms with E-state index in [1.807, 2.05) is 0 Å².